The molecule has 0 radical (unpaired) electrons. The third-order valence-corrected chi connectivity index (χ3v) is 4.84. The van der Waals surface area contributed by atoms with E-state index >= 15 is 0 Å². The number of nitrogens with zero attached hydrogens (tertiary/aromatic N) is 1. The summed E-state index contributed by atoms with van der Waals surface area (Å²) >= 11 is 5.98. The lowest BCUT2D eigenvalue weighted by Crippen LogP contribution is -2.43. The molecule has 0 N–H and O–H groups in total. The van der Waals surface area contributed by atoms with E-state index < -0.39 is 6.10 Å². The second-order valence-electron chi connectivity index (χ2n) is 6.54. The van der Waals surface area contributed by atoms with Crippen LogP contribution in [0.2, 0.25) is 5.02 Å². The maximum atomic E-state index is 12.8. The van der Waals surface area contributed by atoms with Gasteiger partial charge in [0.05, 0.1) is 6.61 Å². The first-order chi connectivity index (χ1) is 12.5. The smallest absolute Gasteiger partial charge is 0.263 e. The van der Waals surface area contributed by atoms with Gasteiger partial charge in [0.1, 0.15) is 11.5 Å². The number of carbonyl (C=O) groups excluding carboxylic acids is 1. The molecule has 0 bridgehead atoms. The average Bonchev–Trinajstić information content (AvgIpc) is 2.63. The van der Waals surface area contributed by atoms with Crippen LogP contribution in [0.25, 0.3) is 0 Å². The molecule has 3 rings (SSSR count). The number of benzene rings is 2. The number of hydrogen-bond acceptors (Lipinski definition) is 3. The Morgan fingerprint density at radius 2 is 2.04 bits per heavy atom. The van der Waals surface area contributed by atoms with E-state index in [1.165, 1.54) is 5.56 Å². The minimum absolute atomic E-state index is 0.00758. The molecule has 0 spiro atoms. The van der Waals surface area contributed by atoms with Gasteiger partial charge in [-0.05, 0) is 74.2 Å². The molecule has 138 valence electrons. The van der Waals surface area contributed by atoms with E-state index in [0.717, 1.165) is 23.3 Å². The predicted octanol–water partition coefficient (Wildman–Crippen LogP) is 4.40. The van der Waals surface area contributed by atoms with Crippen molar-refractivity contribution in [2.75, 3.05) is 13.2 Å². The number of carbonyl (C=O) groups is 1. The Balaban J connectivity index is 1.69. The Kier molecular flexibility index (Phi) is 5.72. The van der Waals surface area contributed by atoms with E-state index in [-0.39, 0.29) is 5.91 Å². The van der Waals surface area contributed by atoms with E-state index in [9.17, 15) is 4.79 Å². The normalized spacial score (nSPS) is 14.5. The summed E-state index contributed by atoms with van der Waals surface area (Å²) in [6, 6.07) is 11.5. The lowest BCUT2D eigenvalue weighted by molar-refractivity contribution is -0.138. The van der Waals surface area contributed by atoms with Crippen molar-refractivity contribution in [2.24, 2.45) is 0 Å². The highest BCUT2D eigenvalue weighted by atomic mass is 35.5. The molecule has 26 heavy (non-hydrogen) atoms. The van der Waals surface area contributed by atoms with Gasteiger partial charge in [-0.3, -0.25) is 4.79 Å². The number of halogens is 1. The number of aryl methyl sites for hydroxylation is 1. The molecule has 1 aliphatic heterocycles. The third-order valence-electron chi connectivity index (χ3n) is 4.60. The fourth-order valence-corrected chi connectivity index (χ4v) is 3.45. The van der Waals surface area contributed by atoms with Gasteiger partial charge in [0.15, 0.2) is 6.10 Å². The predicted molar refractivity (Wildman–Crippen MR) is 103 cm³/mol. The summed E-state index contributed by atoms with van der Waals surface area (Å²) in [5, 5.41) is 0.659. The Morgan fingerprint density at radius 1 is 1.23 bits per heavy atom. The van der Waals surface area contributed by atoms with Crippen LogP contribution in [0, 0.1) is 6.92 Å². The first kappa shape index (κ1) is 18.6. The van der Waals surface area contributed by atoms with Crippen LogP contribution < -0.4 is 9.47 Å². The van der Waals surface area contributed by atoms with Gasteiger partial charge < -0.3 is 14.4 Å². The summed E-state index contributed by atoms with van der Waals surface area (Å²) in [6.07, 6.45) is 0.298. The van der Waals surface area contributed by atoms with Gasteiger partial charge in [-0.25, -0.2) is 0 Å². The van der Waals surface area contributed by atoms with Crippen LogP contribution in [0.1, 0.15) is 30.5 Å². The number of hydrogen-bond donors (Lipinski definition) is 0. The summed E-state index contributed by atoms with van der Waals surface area (Å²) in [6.45, 7) is 7.60. The molecule has 1 atom stereocenters. The zero-order chi connectivity index (χ0) is 18.7. The molecule has 0 aliphatic carbocycles. The lowest BCUT2D eigenvalue weighted by Gasteiger charge is -2.31. The van der Waals surface area contributed by atoms with Crippen molar-refractivity contribution in [1.82, 2.24) is 4.90 Å². The van der Waals surface area contributed by atoms with Crippen LogP contribution >= 0.6 is 11.6 Å². The number of ether oxygens (including phenoxy) is 2. The van der Waals surface area contributed by atoms with Crippen molar-refractivity contribution in [1.29, 1.82) is 0 Å². The van der Waals surface area contributed by atoms with Crippen molar-refractivity contribution in [3.05, 3.63) is 58.1 Å². The van der Waals surface area contributed by atoms with Crippen LogP contribution in [0.4, 0.5) is 0 Å². The standard InChI is InChI=1S/C21H24ClNO3/c1-4-25-19-7-5-16-9-10-23(13-17(16)12-19)21(24)15(3)26-20-8-6-18(22)11-14(20)2/h5-8,11-12,15H,4,9-10,13H2,1-3H3. The van der Waals surface area contributed by atoms with E-state index in [1.54, 1.807) is 19.1 Å². The quantitative estimate of drug-likeness (QED) is 0.779. The number of rotatable bonds is 5. The second-order valence-corrected chi connectivity index (χ2v) is 6.98. The molecule has 1 heterocycles. The summed E-state index contributed by atoms with van der Waals surface area (Å²) in [5.41, 5.74) is 3.34. The fraction of sp³-hybridized carbons (Fsp3) is 0.381. The summed E-state index contributed by atoms with van der Waals surface area (Å²) in [7, 11) is 0. The van der Waals surface area contributed by atoms with Gasteiger partial charge in [-0.1, -0.05) is 17.7 Å². The molecule has 0 saturated heterocycles. The fourth-order valence-electron chi connectivity index (χ4n) is 3.22. The van der Waals surface area contributed by atoms with Crippen molar-refractivity contribution in [3.8, 4) is 11.5 Å². The maximum Gasteiger partial charge on any atom is 0.263 e. The van der Waals surface area contributed by atoms with Gasteiger partial charge in [-0.2, -0.15) is 0 Å². The monoisotopic (exact) mass is 373 g/mol. The van der Waals surface area contributed by atoms with Gasteiger partial charge in [-0.15, -0.1) is 0 Å². The maximum absolute atomic E-state index is 12.8. The van der Waals surface area contributed by atoms with Gasteiger partial charge in [0.2, 0.25) is 0 Å². The Morgan fingerprint density at radius 3 is 2.77 bits per heavy atom. The zero-order valence-corrected chi connectivity index (χ0v) is 16.2. The van der Waals surface area contributed by atoms with Crippen LogP contribution in [0.5, 0.6) is 11.5 Å². The van der Waals surface area contributed by atoms with Gasteiger partial charge in [0.25, 0.3) is 5.91 Å². The highest BCUT2D eigenvalue weighted by Crippen LogP contribution is 2.26. The average molecular weight is 374 g/mol. The van der Waals surface area contributed by atoms with Crippen molar-refractivity contribution >= 4 is 17.5 Å². The Hall–Kier alpha value is -2.20. The van der Waals surface area contributed by atoms with Crippen molar-refractivity contribution in [2.45, 2.75) is 39.8 Å². The molecular weight excluding hydrogens is 350 g/mol. The van der Waals surface area contributed by atoms with Gasteiger partial charge >= 0.3 is 0 Å². The Bertz CT molecular complexity index is 806. The van der Waals surface area contributed by atoms with Crippen LogP contribution in [0.15, 0.2) is 36.4 Å². The van der Waals surface area contributed by atoms with Crippen molar-refractivity contribution in [3.63, 3.8) is 0 Å². The molecule has 0 fully saturated rings. The summed E-state index contributed by atoms with van der Waals surface area (Å²) in [4.78, 5) is 14.7. The topological polar surface area (TPSA) is 38.8 Å². The molecule has 0 saturated carbocycles. The molecule has 1 unspecified atom stereocenters. The Labute approximate surface area is 159 Å². The summed E-state index contributed by atoms with van der Waals surface area (Å²) < 4.78 is 11.5. The molecule has 2 aromatic rings. The number of fused-ring (bicyclic) bond motifs is 1. The van der Waals surface area contributed by atoms with E-state index in [0.29, 0.717) is 30.5 Å². The largest absolute Gasteiger partial charge is 0.494 e. The van der Waals surface area contributed by atoms with E-state index in [1.807, 2.05) is 36.9 Å². The first-order valence-electron chi connectivity index (χ1n) is 8.94. The second kappa shape index (κ2) is 8.00. The minimum atomic E-state index is -0.550. The van der Waals surface area contributed by atoms with Gasteiger partial charge in [0, 0.05) is 18.1 Å². The van der Waals surface area contributed by atoms with Crippen molar-refractivity contribution < 1.29 is 14.3 Å². The van der Waals surface area contributed by atoms with E-state index in [2.05, 4.69) is 6.07 Å². The van der Waals surface area contributed by atoms with Crippen LogP contribution in [-0.4, -0.2) is 30.1 Å². The highest BCUT2D eigenvalue weighted by Gasteiger charge is 2.26. The molecule has 1 aliphatic rings. The van der Waals surface area contributed by atoms with E-state index in [4.69, 9.17) is 21.1 Å². The first-order valence-corrected chi connectivity index (χ1v) is 9.32. The highest BCUT2D eigenvalue weighted by molar-refractivity contribution is 6.30. The zero-order valence-electron chi connectivity index (χ0n) is 15.4. The summed E-state index contributed by atoms with van der Waals surface area (Å²) in [5.74, 6) is 1.53. The third kappa shape index (κ3) is 4.13. The van der Waals surface area contributed by atoms with Crippen LogP contribution in [-0.2, 0) is 17.8 Å². The molecule has 0 aromatic heterocycles. The SMILES string of the molecule is CCOc1ccc2c(c1)CN(C(=O)C(C)Oc1ccc(Cl)cc1C)CC2. The molecule has 4 nitrogen and oxygen atoms in total. The molecule has 1 amide bonds. The lowest BCUT2D eigenvalue weighted by atomic mass is 9.99. The molecule has 5 heteroatoms. The van der Waals surface area contributed by atoms with Crippen LogP contribution in [0.3, 0.4) is 0 Å². The molecule has 2 aromatic carbocycles. The minimum Gasteiger partial charge on any atom is -0.494 e. The molecular formula is C21H24ClNO3. The number of amides is 1.